The number of carbonyl (C=O) groups excluding carboxylic acids is 2. The van der Waals surface area contributed by atoms with E-state index in [0.29, 0.717) is 17.7 Å². The van der Waals surface area contributed by atoms with Crippen LogP contribution in [-0.4, -0.2) is 18.4 Å². The van der Waals surface area contributed by atoms with Crippen LogP contribution < -0.4 is 10.6 Å². The molecule has 2 N–H and O–H groups in total. The molecule has 5 heteroatoms. The zero-order chi connectivity index (χ0) is 19.8. The molecule has 1 heterocycles. The van der Waals surface area contributed by atoms with Crippen LogP contribution in [-0.2, 0) is 11.2 Å². The standard InChI is InChI=1S/C23H24N2O3/c1-17-20(13-15-28-17)23(27)24-14-12-22(26)25-21(19-10-6-3-7-11-19)16-18-8-4-2-5-9-18/h2-11,13,15,21H,12,14,16H2,1H3,(H,24,27)(H,25,26). The van der Waals surface area contributed by atoms with E-state index in [0.717, 1.165) is 11.1 Å². The fourth-order valence-corrected chi connectivity index (χ4v) is 3.06. The fourth-order valence-electron chi connectivity index (χ4n) is 3.06. The SMILES string of the molecule is Cc1occc1C(=O)NCCC(=O)NC(Cc1ccccc1)c1ccccc1. The van der Waals surface area contributed by atoms with Crippen molar-refractivity contribution >= 4 is 11.8 Å². The van der Waals surface area contributed by atoms with Crippen molar-refractivity contribution in [1.29, 1.82) is 0 Å². The molecule has 0 aliphatic heterocycles. The maximum atomic E-state index is 12.5. The van der Waals surface area contributed by atoms with Gasteiger partial charge in [-0.05, 0) is 30.5 Å². The minimum Gasteiger partial charge on any atom is -0.469 e. The molecular weight excluding hydrogens is 352 g/mol. The number of amides is 2. The lowest BCUT2D eigenvalue weighted by Crippen LogP contribution is -2.33. The van der Waals surface area contributed by atoms with E-state index in [-0.39, 0.29) is 30.8 Å². The van der Waals surface area contributed by atoms with Gasteiger partial charge < -0.3 is 15.1 Å². The van der Waals surface area contributed by atoms with Crippen LogP contribution >= 0.6 is 0 Å². The first kappa shape index (κ1) is 19.4. The summed E-state index contributed by atoms with van der Waals surface area (Å²) in [6, 6.07) is 21.5. The molecule has 5 nitrogen and oxygen atoms in total. The van der Waals surface area contributed by atoms with Gasteiger partial charge in [-0.25, -0.2) is 0 Å². The molecule has 0 bridgehead atoms. The van der Waals surface area contributed by atoms with Crippen molar-refractivity contribution in [3.63, 3.8) is 0 Å². The van der Waals surface area contributed by atoms with Crippen LogP contribution in [0.4, 0.5) is 0 Å². The van der Waals surface area contributed by atoms with Gasteiger partial charge >= 0.3 is 0 Å². The Morgan fingerprint density at radius 3 is 2.29 bits per heavy atom. The Morgan fingerprint density at radius 1 is 0.964 bits per heavy atom. The molecule has 0 spiro atoms. The summed E-state index contributed by atoms with van der Waals surface area (Å²) >= 11 is 0. The molecule has 1 atom stereocenters. The van der Waals surface area contributed by atoms with Crippen molar-refractivity contribution in [1.82, 2.24) is 10.6 Å². The summed E-state index contributed by atoms with van der Waals surface area (Å²) in [5.41, 5.74) is 2.70. The third-order valence-electron chi connectivity index (χ3n) is 4.56. The smallest absolute Gasteiger partial charge is 0.254 e. The summed E-state index contributed by atoms with van der Waals surface area (Å²) in [4.78, 5) is 24.6. The summed E-state index contributed by atoms with van der Waals surface area (Å²) in [7, 11) is 0. The predicted octanol–water partition coefficient (Wildman–Crippen LogP) is 3.81. The van der Waals surface area contributed by atoms with E-state index < -0.39 is 0 Å². The molecule has 0 fully saturated rings. The van der Waals surface area contributed by atoms with Crippen molar-refractivity contribution in [2.24, 2.45) is 0 Å². The molecule has 0 aliphatic rings. The molecule has 2 aromatic carbocycles. The molecule has 28 heavy (non-hydrogen) atoms. The Balaban J connectivity index is 1.56. The summed E-state index contributed by atoms with van der Waals surface area (Å²) in [5, 5.41) is 5.85. The third kappa shape index (κ3) is 5.33. The lowest BCUT2D eigenvalue weighted by Gasteiger charge is -2.19. The van der Waals surface area contributed by atoms with Gasteiger partial charge in [-0.1, -0.05) is 60.7 Å². The van der Waals surface area contributed by atoms with E-state index in [2.05, 4.69) is 22.8 Å². The molecule has 1 unspecified atom stereocenters. The Labute approximate surface area is 164 Å². The first-order valence-corrected chi connectivity index (χ1v) is 9.34. The summed E-state index contributed by atoms with van der Waals surface area (Å²) in [6.45, 7) is 2.00. The molecule has 3 rings (SSSR count). The zero-order valence-electron chi connectivity index (χ0n) is 15.9. The molecule has 0 aliphatic carbocycles. The van der Waals surface area contributed by atoms with Gasteiger partial charge in [-0.3, -0.25) is 9.59 Å². The maximum Gasteiger partial charge on any atom is 0.254 e. The monoisotopic (exact) mass is 376 g/mol. The van der Waals surface area contributed by atoms with Crippen molar-refractivity contribution in [2.45, 2.75) is 25.8 Å². The molecule has 1 aromatic heterocycles. The number of nitrogens with one attached hydrogen (secondary N) is 2. The van der Waals surface area contributed by atoms with E-state index in [1.807, 2.05) is 48.5 Å². The second-order valence-corrected chi connectivity index (χ2v) is 6.62. The number of hydrogen-bond acceptors (Lipinski definition) is 3. The van der Waals surface area contributed by atoms with E-state index in [9.17, 15) is 9.59 Å². The van der Waals surface area contributed by atoms with Crippen LogP contribution in [0.5, 0.6) is 0 Å². The highest BCUT2D eigenvalue weighted by molar-refractivity contribution is 5.95. The third-order valence-corrected chi connectivity index (χ3v) is 4.56. The number of benzene rings is 2. The summed E-state index contributed by atoms with van der Waals surface area (Å²) in [6.07, 6.45) is 2.39. The lowest BCUT2D eigenvalue weighted by atomic mass is 9.98. The Hall–Kier alpha value is -3.34. The Kier molecular flexibility index (Phi) is 6.63. The van der Waals surface area contributed by atoms with Crippen molar-refractivity contribution in [3.05, 3.63) is 95.4 Å². The largest absolute Gasteiger partial charge is 0.469 e. The van der Waals surface area contributed by atoms with Gasteiger partial charge in [0.1, 0.15) is 5.76 Å². The number of furan rings is 1. The van der Waals surface area contributed by atoms with Crippen LogP contribution in [0.3, 0.4) is 0 Å². The molecule has 0 saturated carbocycles. The number of aryl methyl sites for hydroxylation is 1. The van der Waals surface area contributed by atoms with Gasteiger partial charge in [0.25, 0.3) is 5.91 Å². The topological polar surface area (TPSA) is 71.3 Å². The van der Waals surface area contributed by atoms with Gasteiger partial charge in [0.2, 0.25) is 5.91 Å². The quantitative estimate of drug-likeness (QED) is 0.628. The molecule has 144 valence electrons. The molecule has 2 amide bonds. The van der Waals surface area contributed by atoms with Gasteiger partial charge in [0.15, 0.2) is 0 Å². The maximum absolute atomic E-state index is 12.5. The summed E-state index contributed by atoms with van der Waals surface area (Å²) in [5.74, 6) is 0.228. The van der Waals surface area contributed by atoms with E-state index in [1.54, 1.807) is 13.0 Å². The van der Waals surface area contributed by atoms with Gasteiger partial charge in [-0.15, -0.1) is 0 Å². The number of hydrogen-bond donors (Lipinski definition) is 2. The lowest BCUT2D eigenvalue weighted by molar-refractivity contribution is -0.121. The van der Waals surface area contributed by atoms with Crippen LogP contribution in [0.15, 0.2) is 77.4 Å². The normalized spacial score (nSPS) is 11.6. The molecule has 3 aromatic rings. The first-order valence-electron chi connectivity index (χ1n) is 9.34. The van der Waals surface area contributed by atoms with E-state index >= 15 is 0 Å². The second kappa shape index (κ2) is 9.55. The van der Waals surface area contributed by atoms with Crippen LogP contribution in [0.1, 0.15) is 39.7 Å². The Bertz CT molecular complexity index is 904. The van der Waals surface area contributed by atoms with Crippen molar-refractivity contribution in [2.75, 3.05) is 6.54 Å². The van der Waals surface area contributed by atoms with Crippen LogP contribution in [0.25, 0.3) is 0 Å². The van der Waals surface area contributed by atoms with Gasteiger partial charge in [0, 0.05) is 13.0 Å². The predicted molar refractivity (Wildman–Crippen MR) is 108 cm³/mol. The van der Waals surface area contributed by atoms with Crippen molar-refractivity contribution < 1.29 is 14.0 Å². The average Bonchev–Trinajstić information content (AvgIpc) is 3.15. The van der Waals surface area contributed by atoms with Gasteiger partial charge in [0.05, 0.1) is 17.9 Å². The van der Waals surface area contributed by atoms with Gasteiger partial charge in [-0.2, -0.15) is 0 Å². The zero-order valence-corrected chi connectivity index (χ0v) is 15.9. The highest BCUT2D eigenvalue weighted by Crippen LogP contribution is 2.18. The van der Waals surface area contributed by atoms with E-state index in [1.165, 1.54) is 6.26 Å². The molecule has 0 saturated heterocycles. The molecular formula is C23H24N2O3. The molecule has 0 radical (unpaired) electrons. The average molecular weight is 376 g/mol. The first-order chi connectivity index (χ1) is 13.6. The second-order valence-electron chi connectivity index (χ2n) is 6.62. The van der Waals surface area contributed by atoms with Crippen LogP contribution in [0.2, 0.25) is 0 Å². The fraction of sp³-hybridized carbons (Fsp3) is 0.217. The number of carbonyl (C=O) groups is 2. The highest BCUT2D eigenvalue weighted by atomic mass is 16.3. The number of rotatable bonds is 8. The van der Waals surface area contributed by atoms with Crippen LogP contribution in [0, 0.1) is 6.92 Å². The van der Waals surface area contributed by atoms with Crippen molar-refractivity contribution in [3.8, 4) is 0 Å². The summed E-state index contributed by atoms with van der Waals surface area (Å²) < 4.78 is 5.13. The highest BCUT2D eigenvalue weighted by Gasteiger charge is 2.16. The minimum atomic E-state index is -0.233. The minimum absolute atomic E-state index is 0.103. The van der Waals surface area contributed by atoms with E-state index in [4.69, 9.17) is 4.42 Å². The Morgan fingerprint density at radius 2 is 1.64 bits per heavy atom.